The van der Waals surface area contributed by atoms with E-state index in [1.807, 2.05) is 14.2 Å². The van der Waals surface area contributed by atoms with Gasteiger partial charge in [0.15, 0.2) is 0 Å². The molecule has 0 aromatic heterocycles. The predicted octanol–water partition coefficient (Wildman–Crippen LogP) is 4.20. The van der Waals surface area contributed by atoms with Crippen LogP contribution in [0.1, 0.15) is 44.9 Å². The van der Waals surface area contributed by atoms with Gasteiger partial charge in [-0.2, -0.15) is 0 Å². The number of fused-ring (bicyclic) bond motifs is 4. The van der Waals surface area contributed by atoms with Gasteiger partial charge < -0.3 is 8.85 Å². The largest absolute Gasteiger partial charge is 0.398 e. The molecule has 114 valence electrons. The van der Waals surface area contributed by atoms with Gasteiger partial charge >= 0.3 is 8.56 Å². The zero-order chi connectivity index (χ0) is 13.9. The van der Waals surface area contributed by atoms with Gasteiger partial charge in [0, 0.05) is 19.8 Å². The Hall–Kier alpha value is 0.137. The van der Waals surface area contributed by atoms with Crippen LogP contribution in [0.4, 0.5) is 0 Å². The third-order valence-corrected chi connectivity index (χ3v) is 11.4. The molecule has 0 spiro atoms. The molecule has 2 nitrogen and oxygen atoms in total. The van der Waals surface area contributed by atoms with Crippen molar-refractivity contribution in [3.63, 3.8) is 0 Å². The SMILES string of the molecule is CO[Si](C)(OC)C1C2CCC(C2)C1C1CC2CCC1C2. The van der Waals surface area contributed by atoms with E-state index in [0.717, 1.165) is 41.0 Å². The number of rotatable bonds is 4. The van der Waals surface area contributed by atoms with Crippen LogP contribution in [0.2, 0.25) is 12.1 Å². The van der Waals surface area contributed by atoms with Gasteiger partial charge in [0.2, 0.25) is 0 Å². The minimum absolute atomic E-state index is 0.778. The summed E-state index contributed by atoms with van der Waals surface area (Å²) < 4.78 is 12.0. The molecule has 4 rings (SSSR count). The van der Waals surface area contributed by atoms with Gasteiger partial charge in [0.25, 0.3) is 0 Å². The summed E-state index contributed by atoms with van der Waals surface area (Å²) in [6.07, 6.45) is 10.6. The minimum atomic E-state index is -1.98. The summed E-state index contributed by atoms with van der Waals surface area (Å²) >= 11 is 0. The molecule has 0 amide bonds. The lowest BCUT2D eigenvalue weighted by Crippen LogP contribution is -2.49. The maximum absolute atomic E-state index is 6.01. The van der Waals surface area contributed by atoms with Crippen LogP contribution in [0.5, 0.6) is 0 Å². The highest BCUT2D eigenvalue weighted by atomic mass is 28.4. The molecule has 4 aliphatic carbocycles. The average Bonchev–Trinajstić information content (AvgIpc) is 3.23. The van der Waals surface area contributed by atoms with Crippen molar-refractivity contribution in [3.05, 3.63) is 0 Å². The summed E-state index contributed by atoms with van der Waals surface area (Å²) in [6, 6.07) is 0. The molecule has 4 aliphatic rings. The molecule has 3 heteroatoms. The molecule has 0 radical (unpaired) electrons. The normalized spacial score (nSPS) is 50.2. The van der Waals surface area contributed by atoms with Crippen LogP contribution in [0.3, 0.4) is 0 Å². The van der Waals surface area contributed by atoms with Crippen molar-refractivity contribution < 1.29 is 8.85 Å². The van der Waals surface area contributed by atoms with Gasteiger partial charge in [-0.15, -0.1) is 0 Å². The predicted molar refractivity (Wildman–Crippen MR) is 82.6 cm³/mol. The Kier molecular flexibility index (Phi) is 3.32. The summed E-state index contributed by atoms with van der Waals surface area (Å²) in [4.78, 5) is 0. The zero-order valence-electron chi connectivity index (χ0n) is 13.3. The van der Waals surface area contributed by atoms with Crippen molar-refractivity contribution in [2.24, 2.45) is 35.5 Å². The van der Waals surface area contributed by atoms with E-state index in [-0.39, 0.29) is 0 Å². The van der Waals surface area contributed by atoms with Crippen LogP contribution in [0.15, 0.2) is 0 Å². The summed E-state index contributed by atoms with van der Waals surface area (Å²) in [5.74, 6) is 6.01. The molecular formula is C17H30O2Si. The molecule has 4 saturated carbocycles. The zero-order valence-corrected chi connectivity index (χ0v) is 14.3. The first kappa shape index (κ1) is 13.8. The van der Waals surface area contributed by atoms with Crippen molar-refractivity contribution in [2.75, 3.05) is 14.2 Å². The van der Waals surface area contributed by atoms with E-state index in [2.05, 4.69) is 6.55 Å². The van der Waals surface area contributed by atoms with Crippen molar-refractivity contribution in [3.8, 4) is 0 Å². The Morgan fingerprint density at radius 2 is 1.50 bits per heavy atom. The quantitative estimate of drug-likeness (QED) is 0.723. The molecule has 20 heavy (non-hydrogen) atoms. The van der Waals surface area contributed by atoms with Crippen LogP contribution in [0, 0.1) is 35.5 Å². The highest BCUT2D eigenvalue weighted by Gasteiger charge is 2.61. The van der Waals surface area contributed by atoms with Crippen LogP contribution in [-0.2, 0) is 8.85 Å². The molecule has 0 aromatic carbocycles. The average molecular weight is 295 g/mol. The molecule has 7 atom stereocenters. The van der Waals surface area contributed by atoms with E-state index in [4.69, 9.17) is 8.85 Å². The standard InChI is InChI=1S/C17H30O2Si/c1-18-20(3,19-2)17-14-7-6-13(10-14)16(17)15-9-11-4-5-12(15)8-11/h11-17H,4-10H2,1-3H3. The fourth-order valence-electron chi connectivity index (χ4n) is 6.85. The molecule has 0 heterocycles. The monoisotopic (exact) mass is 294 g/mol. The highest BCUT2D eigenvalue weighted by molar-refractivity contribution is 6.67. The van der Waals surface area contributed by atoms with E-state index in [9.17, 15) is 0 Å². The smallest absolute Gasteiger partial charge is 0.338 e. The van der Waals surface area contributed by atoms with Gasteiger partial charge in [0.1, 0.15) is 0 Å². The van der Waals surface area contributed by atoms with E-state index in [0.29, 0.717) is 0 Å². The molecule has 0 aromatic rings. The van der Waals surface area contributed by atoms with Crippen molar-refractivity contribution in [1.82, 2.24) is 0 Å². The number of hydrogen-bond donors (Lipinski definition) is 0. The van der Waals surface area contributed by atoms with Crippen molar-refractivity contribution in [2.45, 2.75) is 57.0 Å². The second-order valence-corrected chi connectivity index (χ2v) is 11.7. The Balaban J connectivity index is 1.63. The fourth-order valence-corrected chi connectivity index (χ4v) is 9.94. The third-order valence-electron chi connectivity index (χ3n) is 7.68. The molecule has 7 unspecified atom stereocenters. The molecule has 0 saturated heterocycles. The van der Waals surface area contributed by atoms with E-state index in [1.165, 1.54) is 38.5 Å². The summed E-state index contributed by atoms with van der Waals surface area (Å²) in [5, 5.41) is 0. The molecule has 4 fully saturated rings. The number of hydrogen-bond acceptors (Lipinski definition) is 2. The van der Waals surface area contributed by atoms with Gasteiger partial charge in [-0.05, 0) is 80.6 Å². The van der Waals surface area contributed by atoms with Crippen LogP contribution >= 0.6 is 0 Å². The lowest BCUT2D eigenvalue weighted by atomic mass is 9.72. The second kappa shape index (κ2) is 4.82. The summed E-state index contributed by atoms with van der Waals surface area (Å²) in [7, 11) is 1.83. The molecule has 0 N–H and O–H groups in total. The topological polar surface area (TPSA) is 18.5 Å². The lowest BCUT2D eigenvalue weighted by molar-refractivity contribution is 0.129. The van der Waals surface area contributed by atoms with Crippen LogP contribution < -0.4 is 0 Å². The summed E-state index contributed by atoms with van der Waals surface area (Å²) in [5.41, 5.74) is 0.778. The minimum Gasteiger partial charge on any atom is -0.398 e. The first-order chi connectivity index (χ1) is 9.66. The van der Waals surface area contributed by atoms with Crippen molar-refractivity contribution in [1.29, 1.82) is 0 Å². The van der Waals surface area contributed by atoms with Crippen molar-refractivity contribution >= 4 is 8.56 Å². The fraction of sp³-hybridized carbons (Fsp3) is 1.00. The molecular weight excluding hydrogens is 264 g/mol. The van der Waals surface area contributed by atoms with E-state index >= 15 is 0 Å². The van der Waals surface area contributed by atoms with Gasteiger partial charge in [-0.3, -0.25) is 0 Å². The van der Waals surface area contributed by atoms with Gasteiger partial charge in [0.05, 0.1) is 0 Å². The summed E-state index contributed by atoms with van der Waals surface area (Å²) in [6.45, 7) is 2.33. The lowest BCUT2D eigenvalue weighted by Gasteiger charge is -2.44. The third kappa shape index (κ3) is 1.82. The highest BCUT2D eigenvalue weighted by Crippen LogP contribution is 2.66. The van der Waals surface area contributed by atoms with Gasteiger partial charge in [-0.1, -0.05) is 6.42 Å². The Labute approximate surface area is 124 Å². The molecule has 0 aliphatic heterocycles. The maximum Gasteiger partial charge on any atom is 0.338 e. The Bertz CT molecular complexity index is 381. The first-order valence-electron chi connectivity index (χ1n) is 8.76. The molecule has 4 bridgehead atoms. The Morgan fingerprint density at radius 3 is 2.10 bits per heavy atom. The Morgan fingerprint density at radius 1 is 0.800 bits per heavy atom. The maximum atomic E-state index is 6.01. The first-order valence-corrected chi connectivity index (χ1v) is 11.2. The van der Waals surface area contributed by atoms with Crippen LogP contribution in [0.25, 0.3) is 0 Å². The second-order valence-electron chi connectivity index (χ2n) is 8.20. The van der Waals surface area contributed by atoms with Gasteiger partial charge in [-0.25, -0.2) is 0 Å². The van der Waals surface area contributed by atoms with E-state index < -0.39 is 8.56 Å². The van der Waals surface area contributed by atoms with E-state index in [1.54, 1.807) is 6.42 Å². The van der Waals surface area contributed by atoms with Crippen LogP contribution in [-0.4, -0.2) is 22.8 Å².